The lowest BCUT2D eigenvalue weighted by atomic mass is 9.88. The standard InChI is InChI=1S/C15H33N3O/c1-6-15(4,13-19)12-16-11-14(2,3)18-9-7-17(5)8-10-18/h16,19H,6-13H2,1-5H3. The monoisotopic (exact) mass is 271 g/mol. The minimum Gasteiger partial charge on any atom is -0.396 e. The maximum absolute atomic E-state index is 9.44. The van der Waals surface area contributed by atoms with Crippen molar-refractivity contribution < 1.29 is 5.11 Å². The molecule has 2 N–H and O–H groups in total. The number of aliphatic hydroxyl groups excluding tert-OH is 1. The predicted octanol–water partition coefficient (Wildman–Crippen LogP) is 1.01. The van der Waals surface area contributed by atoms with Crippen LogP contribution >= 0.6 is 0 Å². The van der Waals surface area contributed by atoms with Crippen molar-refractivity contribution in [2.45, 2.75) is 39.7 Å². The van der Waals surface area contributed by atoms with E-state index in [1.165, 1.54) is 0 Å². The highest BCUT2D eigenvalue weighted by molar-refractivity contribution is 4.88. The van der Waals surface area contributed by atoms with Gasteiger partial charge in [-0.05, 0) is 27.3 Å². The van der Waals surface area contributed by atoms with Crippen LogP contribution in [0, 0.1) is 5.41 Å². The molecule has 4 nitrogen and oxygen atoms in total. The van der Waals surface area contributed by atoms with Crippen LogP contribution in [0.25, 0.3) is 0 Å². The van der Waals surface area contributed by atoms with Crippen molar-refractivity contribution in [2.75, 3.05) is 52.9 Å². The first-order valence-corrected chi connectivity index (χ1v) is 7.58. The first kappa shape index (κ1) is 16.9. The van der Waals surface area contributed by atoms with Crippen LogP contribution in [0.4, 0.5) is 0 Å². The molecule has 1 heterocycles. The summed E-state index contributed by atoms with van der Waals surface area (Å²) < 4.78 is 0. The second-order valence-electron chi connectivity index (χ2n) is 7.03. The van der Waals surface area contributed by atoms with Crippen molar-refractivity contribution >= 4 is 0 Å². The Bertz CT molecular complexity index is 256. The average Bonchev–Trinajstić information content (AvgIpc) is 2.39. The summed E-state index contributed by atoms with van der Waals surface area (Å²) in [6.45, 7) is 15.6. The summed E-state index contributed by atoms with van der Waals surface area (Å²) in [7, 11) is 2.19. The molecule has 0 saturated carbocycles. The maximum Gasteiger partial charge on any atom is 0.0496 e. The molecule has 0 aromatic rings. The van der Waals surface area contributed by atoms with Gasteiger partial charge in [-0.1, -0.05) is 13.8 Å². The van der Waals surface area contributed by atoms with Gasteiger partial charge < -0.3 is 15.3 Å². The van der Waals surface area contributed by atoms with Crippen LogP contribution in [0.3, 0.4) is 0 Å². The van der Waals surface area contributed by atoms with Crippen LogP contribution in [-0.2, 0) is 0 Å². The van der Waals surface area contributed by atoms with Crippen molar-refractivity contribution in [1.29, 1.82) is 0 Å². The Labute approximate surface area is 119 Å². The maximum atomic E-state index is 9.44. The Hall–Kier alpha value is -0.160. The van der Waals surface area contributed by atoms with Crippen molar-refractivity contribution in [3.8, 4) is 0 Å². The van der Waals surface area contributed by atoms with Gasteiger partial charge in [0.2, 0.25) is 0 Å². The van der Waals surface area contributed by atoms with Crippen molar-refractivity contribution in [3.05, 3.63) is 0 Å². The molecule has 1 aliphatic heterocycles. The zero-order chi connectivity index (χ0) is 14.5. The van der Waals surface area contributed by atoms with Crippen molar-refractivity contribution in [3.63, 3.8) is 0 Å². The zero-order valence-electron chi connectivity index (χ0n) is 13.5. The molecule has 114 valence electrons. The van der Waals surface area contributed by atoms with Crippen LogP contribution in [0.1, 0.15) is 34.1 Å². The number of nitrogens with zero attached hydrogens (tertiary/aromatic N) is 2. The van der Waals surface area contributed by atoms with E-state index in [0.29, 0.717) is 0 Å². The van der Waals surface area contributed by atoms with Gasteiger partial charge in [0.25, 0.3) is 0 Å². The number of hydrogen-bond acceptors (Lipinski definition) is 4. The smallest absolute Gasteiger partial charge is 0.0496 e. The van der Waals surface area contributed by atoms with Crippen LogP contribution in [0.15, 0.2) is 0 Å². The van der Waals surface area contributed by atoms with Gasteiger partial charge in [0.1, 0.15) is 0 Å². The third-order valence-electron chi connectivity index (χ3n) is 4.70. The SMILES string of the molecule is CCC(C)(CO)CNCC(C)(C)N1CCN(C)CC1. The highest BCUT2D eigenvalue weighted by Gasteiger charge is 2.29. The van der Waals surface area contributed by atoms with Crippen molar-refractivity contribution in [1.82, 2.24) is 15.1 Å². The number of piperazine rings is 1. The summed E-state index contributed by atoms with van der Waals surface area (Å²) in [6.07, 6.45) is 1.01. The number of aliphatic hydroxyl groups is 1. The lowest BCUT2D eigenvalue weighted by Crippen LogP contribution is -2.58. The van der Waals surface area contributed by atoms with Gasteiger partial charge in [-0.3, -0.25) is 4.90 Å². The van der Waals surface area contributed by atoms with E-state index in [4.69, 9.17) is 0 Å². The molecule has 19 heavy (non-hydrogen) atoms. The molecule has 0 aromatic heterocycles. The molecule has 4 heteroatoms. The molecule has 0 aromatic carbocycles. The molecule has 1 fully saturated rings. The third-order valence-corrected chi connectivity index (χ3v) is 4.70. The lowest BCUT2D eigenvalue weighted by Gasteiger charge is -2.44. The minimum atomic E-state index is 0.0121. The molecule has 0 amide bonds. The quantitative estimate of drug-likeness (QED) is 0.725. The van der Waals surface area contributed by atoms with Gasteiger partial charge in [-0.2, -0.15) is 0 Å². The summed E-state index contributed by atoms with van der Waals surface area (Å²) in [4.78, 5) is 4.96. The first-order valence-electron chi connectivity index (χ1n) is 7.58. The Morgan fingerprint density at radius 3 is 2.11 bits per heavy atom. The molecule has 0 spiro atoms. The topological polar surface area (TPSA) is 38.7 Å². The normalized spacial score (nSPS) is 22.4. The van der Waals surface area contributed by atoms with Crippen LogP contribution < -0.4 is 5.32 Å². The van der Waals surface area contributed by atoms with E-state index < -0.39 is 0 Å². The molecule has 0 radical (unpaired) electrons. The Kier molecular flexibility index (Phi) is 6.24. The summed E-state index contributed by atoms with van der Waals surface area (Å²) >= 11 is 0. The minimum absolute atomic E-state index is 0.0121. The number of nitrogens with one attached hydrogen (secondary N) is 1. The summed E-state index contributed by atoms with van der Waals surface area (Å²) in [5.41, 5.74) is 0.198. The lowest BCUT2D eigenvalue weighted by molar-refractivity contribution is 0.0573. The summed E-state index contributed by atoms with van der Waals surface area (Å²) in [5, 5.41) is 13.0. The van der Waals surface area contributed by atoms with Crippen molar-refractivity contribution in [2.24, 2.45) is 5.41 Å². The Balaban J connectivity index is 2.38. The fourth-order valence-electron chi connectivity index (χ4n) is 2.49. The van der Waals surface area contributed by atoms with Gasteiger partial charge in [-0.15, -0.1) is 0 Å². The number of likely N-dealkylation sites (N-methyl/N-ethyl adjacent to an activating group) is 1. The Morgan fingerprint density at radius 1 is 1.05 bits per heavy atom. The number of hydrogen-bond donors (Lipinski definition) is 2. The second kappa shape index (κ2) is 7.02. The predicted molar refractivity (Wildman–Crippen MR) is 81.5 cm³/mol. The van der Waals surface area contributed by atoms with E-state index in [9.17, 15) is 5.11 Å². The van der Waals surface area contributed by atoms with Gasteiger partial charge in [0.05, 0.1) is 0 Å². The molecule has 1 atom stereocenters. The molecule has 1 unspecified atom stereocenters. The fourth-order valence-corrected chi connectivity index (χ4v) is 2.49. The van der Waals surface area contributed by atoms with E-state index in [2.05, 4.69) is 49.9 Å². The summed E-state index contributed by atoms with van der Waals surface area (Å²) in [5.74, 6) is 0. The van der Waals surface area contributed by atoms with Crippen LogP contribution in [0.5, 0.6) is 0 Å². The van der Waals surface area contributed by atoms with Gasteiger partial charge in [0.15, 0.2) is 0 Å². The second-order valence-corrected chi connectivity index (χ2v) is 7.03. The molecule has 0 bridgehead atoms. The van der Waals surface area contributed by atoms with E-state index in [1.54, 1.807) is 0 Å². The van der Waals surface area contributed by atoms with E-state index >= 15 is 0 Å². The van der Waals surface area contributed by atoms with Gasteiger partial charge in [0, 0.05) is 56.8 Å². The molecule has 0 aliphatic carbocycles. The Morgan fingerprint density at radius 2 is 1.63 bits per heavy atom. The average molecular weight is 271 g/mol. The molecule has 1 saturated heterocycles. The third kappa shape index (κ3) is 5.03. The van der Waals surface area contributed by atoms with E-state index in [-0.39, 0.29) is 17.6 Å². The molecular weight excluding hydrogens is 238 g/mol. The summed E-state index contributed by atoms with van der Waals surface area (Å²) in [6, 6.07) is 0. The van der Waals surface area contributed by atoms with E-state index in [1.807, 2.05) is 0 Å². The highest BCUT2D eigenvalue weighted by atomic mass is 16.3. The van der Waals surface area contributed by atoms with Crippen LogP contribution in [-0.4, -0.2) is 73.4 Å². The molecule has 1 rings (SSSR count). The number of rotatable bonds is 7. The van der Waals surface area contributed by atoms with Gasteiger partial charge in [-0.25, -0.2) is 0 Å². The highest BCUT2D eigenvalue weighted by Crippen LogP contribution is 2.20. The first-order chi connectivity index (χ1) is 8.83. The molecular formula is C15H33N3O. The fraction of sp³-hybridized carbons (Fsp3) is 1.00. The zero-order valence-corrected chi connectivity index (χ0v) is 13.5. The van der Waals surface area contributed by atoms with Crippen LogP contribution in [0.2, 0.25) is 0 Å². The van der Waals surface area contributed by atoms with Gasteiger partial charge >= 0.3 is 0 Å². The molecule has 1 aliphatic rings. The van der Waals surface area contributed by atoms with E-state index in [0.717, 1.165) is 45.7 Å². The largest absolute Gasteiger partial charge is 0.396 e.